The van der Waals surface area contributed by atoms with E-state index in [0.29, 0.717) is 5.69 Å². The maximum atomic E-state index is 12.3. The molecule has 0 bridgehead atoms. The summed E-state index contributed by atoms with van der Waals surface area (Å²) in [6, 6.07) is 8.49. The molecule has 0 aliphatic heterocycles. The molecular formula is C14H16N4O. The number of fused-ring (bicyclic) bond motifs is 1. The Hall–Kier alpha value is -2.17. The molecule has 0 saturated carbocycles. The standard InChI is InChI=1S/C14H16N4O/c1-18(14(19)12-9-15-17-16-12)13-8-4-6-10-5-2-3-7-11(10)13/h2-3,5,7,9,13H,4,6,8H2,1H3,(H,15,16,17). The van der Waals surface area contributed by atoms with Crippen LogP contribution in [0.25, 0.3) is 0 Å². The Morgan fingerprint density at radius 1 is 1.42 bits per heavy atom. The van der Waals surface area contributed by atoms with Gasteiger partial charge in [-0.1, -0.05) is 24.3 Å². The summed E-state index contributed by atoms with van der Waals surface area (Å²) in [4.78, 5) is 14.1. The fourth-order valence-electron chi connectivity index (χ4n) is 2.76. The van der Waals surface area contributed by atoms with Crippen LogP contribution in [0.4, 0.5) is 0 Å². The Labute approximate surface area is 111 Å². The van der Waals surface area contributed by atoms with Gasteiger partial charge in [-0.25, -0.2) is 0 Å². The average molecular weight is 256 g/mol. The third kappa shape index (κ3) is 2.12. The Bertz CT molecular complexity index is 579. The summed E-state index contributed by atoms with van der Waals surface area (Å²) >= 11 is 0. The lowest BCUT2D eigenvalue weighted by molar-refractivity contribution is 0.0709. The molecule has 2 aromatic rings. The van der Waals surface area contributed by atoms with Crippen LogP contribution in [-0.4, -0.2) is 33.3 Å². The van der Waals surface area contributed by atoms with Crippen molar-refractivity contribution in [1.29, 1.82) is 0 Å². The number of carbonyl (C=O) groups is 1. The third-order valence-electron chi connectivity index (χ3n) is 3.76. The summed E-state index contributed by atoms with van der Waals surface area (Å²) in [5.41, 5.74) is 2.97. The van der Waals surface area contributed by atoms with E-state index in [1.54, 1.807) is 4.90 Å². The van der Waals surface area contributed by atoms with Crippen LogP contribution in [0.2, 0.25) is 0 Å². The molecule has 0 fully saturated rings. The van der Waals surface area contributed by atoms with E-state index in [1.807, 2.05) is 13.1 Å². The molecule has 1 aliphatic rings. The lowest BCUT2D eigenvalue weighted by atomic mass is 9.87. The van der Waals surface area contributed by atoms with Gasteiger partial charge < -0.3 is 4.90 Å². The van der Waals surface area contributed by atoms with Gasteiger partial charge in [-0.2, -0.15) is 15.4 Å². The van der Waals surface area contributed by atoms with Gasteiger partial charge in [0.15, 0.2) is 5.69 Å². The molecule has 1 unspecified atom stereocenters. The van der Waals surface area contributed by atoms with Crippen LogP contribution in [0.15, 0.2) is 30.5 Å². The van der Waals surface area contributed by atoms with Gasteiger partial charge in [-0.05, 0) is 30.4 Å². The van der Waals surface area contributed by atoms with Crippen molar-refractivity contribution in [3.05, 3.63) is 47.3 Å². The van der Waals surface area contributed by atoms with Crippen molar-refractivity contribution in [3.63, 3.8) is 0 Å². The molecule has 5 heteroatoms. The minimum absolute atomic E-state index is 0.0875. The van der Waals surface area contributed by atoms with E-state index in [-0.39, 0.29) is 11.9 Å². The highest BCUT2D eigenvalue weighted by molar-refractivity contribution is 5.92. The van der Waals surface area contributed by atoms with Crippen LogP contribution in [0, 0.1) is 0 Å². The highest BCUT2D eigenvalue weighted by atomic mass is 16.2. The van der Waals surface area contributed by atoms with Gasteiger partial charge in [0.1, 0.15) is 0 Å². The fourth-order valence-corrected chi connectivity index (χ4v) is 2.76. The fraction of sp³-hybridized carbons (Fsp3) is 0.357. The van der Waals surface area contributed by atoms with Crippen LogP contribution in [0.3, 0.4) is 0 Å². The number of H-pyrrole nitrogens is 1. The van der Waals surface area contributed by atoms with Crippen LogP contribution < -0.4 is 0 Å². The third-order valence-corrected chi connectivity index (χ3v) is 3.76. The van der Waals surface area contributed by atoms with E-state index >= 15 is 0 Å². The molecule has 5 nitrogen and oxygen atoms in total. The van der Waals surface area contributed by atoms with E-state index < -0.39 is 0 Å². The van der Waals surface area contributed by atoms with Gasteiger partial charge in [-0.15, -0.1) is 0 Å². The summed E-state index contributed by atoms with van der Waals surface area (Å²) in [5.74, 6) is -0.0875. The second kappa shape index (κ2) is 4.84. The van der Waals surface area contributed by atoms with Crippen LogP contribution in [0.5, 0.6) is 0 Å². The monoisotopic (exact) mass is 256 g/mol. The van der Waals surface area contributed by atoms with Gasteiger partial charge in [-0.3, -0.25) is 4.79 Å². The average Bonchev–Trinajstić information content (AvgIpc) is 2.99. The lowest BCUT2D eigenvalue weighted by Crippen LogP contribution is -2.33. The molecule has 0 spiro atoms. The van der Waals surface area contributed by atoms with Crippen LogP contribution >= 0.6 is 0 Å². The number of aromatic amines is 1. The summed E-state index contributed by atoms with van der Waals surface area (Å²) in [6.45, 7) is 0. The number of carbonyl (C=O) groups excluding carboxylic acids is 1. The summed E-state index contributed by atoms with van der Waals surface area (Å²) in [7, 11) is 1.84. The first-order valence-electron chi connectivity index (χ1n) is 6.48. The van der Waals surface area contributed by atoms with Crippen molar-refractivity contribution >= 4 is 5.91 Å². The van der Waals surface area contributed by atoms with E-state index in [1.165, 1.54) is 17.3 Å². The van der Waals surface area contributed by atoms with Crippen LogP contribution in [0.1, 0.15) is 40.5 Å². The summed E-state index contributed by atoms with van der Waals surface area (Å²) in [5, 5.41) is 10.0. The molecule has 1 heterocycles. The number of nitrogens with one attached hydrogen (secondary N) is 1. The van der Waals surface area contributed by atoms with Crippen LogP contribution in [-0.2, 0) is 6.42 Å². The first-order valence-corrected chi connectivity index (χ1v) is 6.48. The minimum atomic E-state index is -0.0875. The first kappa shape index (κ1) is 11.9. The molecule has 0 radical (unpaired) electrons. The lowest BCUT2D eigenvalue weighted by Gasteiger charge is -2.32. The van der Waals surface area contributed by atoms with Gasteiger partial charge in [0.2, 0.25) is 0 Å². The zero-order valence-electron chi connectivity index (χ0n) is 10.8. The van der Waals surface area contributed by atoms with Crippen molar-refractivity contribution in [2.75, 3.05) is 7.05 Å². The van der Waals surface area contributed by atoms with Gasteiger partial charge >= 0.3 is 0 Å². The van der Waals surface area contributed by atoms with Gasteiger partial charge in [0.05, 0.1) is 12.2 Å². The summed E-state index contributed by atoms with van der Waals surface area (Å²) in [6.07, 6.45) is 4.67. The van der Waals surface area contributed by atoms with Gasteiger partial charge in [0, 0.05) is 7.05 Å². The highest BCUT2D eigenvalue weighted by Gasteiger charge is 2.27. The minimum Gasteiger partial charge on any atom is -0.333 e. The van der Waals surface area contributed by atoms with Crippen molar-refractivity contribution in [2.45, 2.75) is 25.3 Å². The summed E-state index contributed by atoms with van der Waals surface area (Å²) < 4.78 is 0. The predicted molar refractivity (Wildman–Crippen MR) is 70.6 cm³/mol. The number of rotatable bonds is 2. The molecule has 1 aromatic carbocycles. The predicted octanol–water partition coefficient (Wildman–Crippen LogP) is 1.95. The Morgan fingerprint density at radius 3 is 3.05 bits per heavy atom. The SMILES string of the molecule is CN(C(=O)c1cn[nH]n1)C1CCCc2ccccc21. The number of hydrogen-bond acceptors (Lipinski definition) is 3. The number of amides is 1. The van der Waals surface area contributed by atoms with Crippen molar-refractivity contribution in [3.8, 4) is 0 Å². The quantitative estimate of drug-likeness (QED) is 0.893. The Balaban J connectivity index is 1.89. The number of benzene rings is 1. The molecule has 0 saturated heterocycles. The highest BCUT2D eigenvalue weighted by Crippen LogP contribution is 2.33. The largest absolute Gasteiger partial charge is 0.333 e. The van der Waals surface area contributed by atoms with E-state index in [0.717, 1.165) is 19.3 Å². The van der Waals surface area contributed by atoms with Gasteiger partial charge in [0.25, 0.3) is 5.91 Å². The number of aromatic nitrogens is 3. The molecule has 3 rings (SSSR count). The number of aryl methyl sites for hydroxylation is 1. The van der Waals surface area contributed by atoms with Crippen molar-refractivity contribution in [1.82, 2.24) is 20.3 Å². The van der Waals surface area contributed by atoms with Crippen molar-refractivity contribution < 1.29 is 4.79 Å². The van der Waals surface area contributed by atoms with E-state index in [9.17, 15) is 4.79 Å². The second-order valence-electron chi connectivity index (χ2n) is 4.88. The normalized spacial score (nSPS) is 17.8. The zero-order valence-corrected chi connectivity index (χ0v) is 10.8. The Kier molecular flexibility index (Phi) is 3.03. The number of hydrogen-bond donors (Lipinski definition) is 1. The maximum Gasteiger partial charge on any atom is 0.276 e. The molecule has 1 amide bonds. The molecule has 98 valence electrons. The second-order valence-corrected chi connectivity index (χ2v) is 4.88. The van der Waals surface area contributed by atoms with Crippen molar-refractivity contribution in [2.24, 2.45) is 0 Å². The smallest absolute Gasteiger partial charge is 0.276 e. The molecule has 19 heavy (non-hydrogen) atoms. The van der Waals surface area contributed by atoms with E-state index in [2.05, 4.69) is 33.6 Å². The molecule has 1 N–H and O–H groups in total. The molecule has 1 atom stereocenters. The Morgan fingerprint density at radius 2 is 2.26 bits per heavy atom. The topological polar surface area (TPSA) is 61.9 Å². The molecule has 1 aliphatic carbocycles. The molecular weight excluding hydrogens is 240 g/mol. The number of nitrogens with zero attached hydrogens (tertiary/aromatic N) is 3. The van der Waals surface area contributed by atoms with E-state index in [4.69, 9.17) is 0 Å². The zero-order chi connectivity index (χ0) is 13.2. The molecule has 1 aromatic heterocycles. The maximum absolute atomic E-state index is 12.3. The first-order chi connectivity index (χ1) is 9.27.